The highest BCUT2D eigenvalue weighted by Crippen LogP contribution is 2.23. The third kappa shape index (κ3) is 3.48. The second-order valence-corrected chi connectivity index (χ2v) is 5.85. The largest absolute Gasteiger partial charge is 0.542 e. The number of thiocarbonyl (C=S) groups is 1. The number of hydrogen-bond acceptors (Lipinski definition) is 4. The molecule has 1 rings (SSSR count). The molecule has 7 heteroatoms. The average molecular weight is 271 g/mol. The summed E-state index contributed by atoms with van der Waals surface area (Å²) in [4.78, 5) is 12.8. The molecule has 0 aromatic heterocycles. The number of carboxylic acid groups (broad SMARTS) is 1. The van der Waals surface area contributed by atoms with Gasteiger partial charge in [-0.1, -0.05) is 24.0 Å². The summed E-state index contributed by atoms with van der Waals surface area (Å²) in [5.41, 5.74) is 0. The number of halogens is 1. The van der Waals surface area contributed by atoms with Crippen LogP contribution in [0, 0.1) is 0 Å². The second kappa shape index (κ2) is 5.34. The zero-order valence-corrected chi connectivity index (χ0v) is 11.4. The molecule has 0 aliphatic carbocycles. The lowest BCUT2D eigenvalue weighted by atomic mass is 10.3. The van der Waals surface area contributed by atoms with Crippen molar-refractivity contribution in [2.75, 3.05) is 33.4 Å². The molecule has 1 saturated heterocycles. The molecule has 0 spiro atoms. The SMILES string of the molecule is C[N+](C)(C)C(C(=O)[O-])N1CCSC1=S.Cl. The first-order valence-electron chi connectivity index (χ1n) is 4.29. The molecule has 1 heterocycles. The van der Waals surface area contributed by atoms with Gasteiger partial charge in [0, 0.05) is 12.3 Å². The van der Waals surface area contributed by atoms with Crippen molar-refractivity contribution in [1.29, 1.82) is 0 Å². The van der Waals surface area contributed by atoms with Crippen LogP contribution in [0.2, 0.25) is 0 Å². The van der Waals surface area contributed by atoms with Gasteiger partial charge in [0.1, 0.15) is 10.3 Å². The molecular weight excluding hydrogens is 256 g/mol. The summed E-state index contributed by atoms with van der Waals surface area (Å²) in [6.07, 6.45) is -0.683. The van der Waals surface area contributed by atoms with Crippen LogP contribution in [0.1, 0.15) is 0 Å². The summed E-state index contributed by atoms with van der Waals surface area (Å²) in [7, 11) is 5.48. The van der Waals surface area contributed by atoms with Crippen molar-refractivity contribution in [3.8, 4) is 0 Å². The molecule has 0 aromatic carbocycles. The van der Waals surface area contributed by atoms with E-state index in [0.717, 1.165) is 5.75 Å². The molecular formula is C8H15ClN2O2S2. The number of rotatable bonds is 3. The zero-order valence-electron chi connectivity index (χ0n) is 8.93. The minimum absolute atomic E-state index is 0. The van der Waals surface area contributed by atoms with Gasteiger partial charge >= 0.3 is 0 Å². The van der Waals surface area contributed by atoms with E-state index in [4.69, 9.17) is 12.2 Å². The van der Waals surface area contributed by atoms with Crippen LogP contribution in [-0.2, 0) is 4.79 Å². The molecule has 88 valence electrons. The standard InChI is InChI=1S/C8H14N2O2S2.ClH/c1-10(2,3)6(7(11)12)9-4-5-14-8(9)13;/h6H,4-5H2,1-3H3;1H. The molecule has 1 fully saturated rings. The molecule has 0 N–H and O–H groups in total. The Labute approximate surface area is 106 Å². The van der Waals surface area contributed by atoms with Crippen molar-refractivity contribution in [2.45, 2.75) is 6.17 Å². The van der Waals surface area contributed by atoms with Crippen LogP contribution in [-0.4, -0.2) is 59.3 Å². The van der Waals surface area contributed by atoms with Gasteiger partial charge in [0.05, 0.1) is 21.1 Å². The monoisotopic (exact) mass is 270 g/mol. The summed E-state index contributed by atoms with van der Waals surface area (Å²) in [6, 6.07) is 0. The zero-order chi connectivity index (χ0) is 10.9. The number of aliphatic carboxylic acids is 1. The van der Waals surface area contributed by atoms with Crippen LogP contribution >= 0.6 is 36.4 Å². The predicted molar refractivity (Wildman–Crippen MR) is 65.8 cm³/mol. The van der Waals surface area contributed by atoms with Gasteiger partial charge in [-0.2, -0.15) is 0 Å². The van der Waals surface area contributed by atoms with Crippen LogP contribution < -0.4 is 5.11 Å². The Bertz CT molecular complexity index is 268. The van der Waals surface area contributed by atoms with Crippen LogP contribution in [0.3, 0.4) is 0 Å². The van der Waals surface area contributed by atoms with E-state index in [1.165, 1.54) is 11.8 Å². The molecule has 1 aliphatic heterocycles. The van der Waals surface area contributed by atoms with Crippen molar-refractivity contribution in [3.63, 3.8) is 0 Å². The van der Waals surface area contributed by atoms with E-state index in [1.54, 1.807) is 4.90 Å². The predicted octanol–water partition coefficient (Wildman–Crippen LogP) is -0.476. The van der Waals surface area contributed by atoms with Crippen LogP contribution in [0.5, 0.6) is 0 Å². The van der Waals surface area contributed by atoms with Crippen molar-refractivity contribution < 1.29 is 14.4 Å². The lowest BCUT2D eigenvalue weighted by Crippen LogP contribution is -2.63. The second-order valence-electron chi connectivity index (χ2n) is 4.12. The summed E-state index contributed by atoms with van der Waals surface area (Å²) in [5.74, 6) is -0.204. The van der Waals surface area contributed by atoms with E-state index in [9.17, 15) is 9.90 Å². The van der Waals surface area contributed by atoms with Gasteiger partial charge in [0.15, 0.2) is 0 Å². The maximum atomic E-state index is 11.0. The minimum Gasteiger partial charge on any atom is -0.542 e. The van der Waals surface area contributed by atoms with E-state index < -0.39 is 12.1 Å². The third-order valence-corrected chi connectivity index (χ3v) is 3.49. The van der Waals surface area contributed by atoms with Crippen molar-refractivity contribution in [3.05, 3.63) is 0 Å². The molecule has 0 amide bonds. The Kier molecular flexibility index (Phi) is 5.32. The first-order valence-corrected chi connectivity index (χ1v) is 5.69. The Morgan fingerprint density at radius 3 is 2.40 bits per heavy atom. The van der Waals surface area contributed by atoms with Crippen LogP contribution in [0.4, 0.5) is 0 Å². The number of hydrogen-bond donors (Lipinski definition) is 0. The van der Waals surface area contributed by atoms with E-state index in [-0.39, 0.29) is 12.4 Å². The van der Waals surface area contributed by atoms with Crippen LogP contribution in [0.15, 0.2) is 0 Å². The van der Waals surface area contributed by atoms with Crippen LogP contribution in [0.25, 0.3) is 0 Å². The number of carboxylic acids is 1. The van der Waals surface area contributed by atoms with Crippen molar-refractivity contribution >= 4 is 46.7 Å². The maximum Gasteiger partial charge on any atom is 0.206 e. The molecule has 1 atom stereocenters. The molecule has 15 heavy (non-hydrogen) atoms. The highest BCUT2D eigenvalue weighted by molar-refractivity contribution is 8.23. The number of carbonyl (C=O) groups is 1. The fourth-order valence-electron chi connectivity index (χ4n) is 1.49. The van der Waals surface area contributed by atoms with Gasteiger partial charge in [-0.15, -0.1) is 12.4 Å². The maximum absolute atomic E-state index is 11.0. The van der Waals surface area contributed by atoms with Gasteiger partial charge in [0.25, 0.3) is 0 Å². The average Bonchev–Trinajstić information content (AvgIpc) is 2.32. The van der Waals surface area contributed by atoms with Crippen molar-refractivity contribution in [2.24, 2.45) is 0 Å². The Hall–Kier alpha value is -0.0400. The first-order chi connectivity index (χ1) is 6.34. The van der Waals surface area contributed by atoms with E-state index in [2.05, 4.69) is 0 Å². The highest BCUT2D eigenvalue weighted by atomic mass is 35.5. The topological polar surface area (TPSA) is 43.4 Å². The lowest BCUT2D eigenvalue weighted by molar-refractivity contribution is -0.899. The number of quaternary nitrogens is 1. The molecule has 4 nitrogen and oxygen atoms in total. The summed E-state index contributed by atoms with van der Waals surface area (Å²) < 4.78 is 0.954. The Morgan fingerprint density at radius 2 is 2.13 bits per heavy atom. The molecule has 1 aliphatic rings. The number of nitrogens with zero attached hydrogens (tertiary/aromatic N) is 2. The molecule has 0 bridgehead atoms. The van der Waals surface area contributed by atoms with Gasteiger partial charge in [-0.3, -0.25) is 0 Å². The first kappa shape index (κ1) is 15.0. The van der Waals surface area contributed by atoms with Gasteiger partial charge in [-0.25, -0.2) is 0 Å². The third-order valence-electron chi connectivity index (χ3n) is 2.03. The lowest BCUT2D eigenvalue weighted by Gasteiger charge is -2.40. The normalized spacial score (nSPS) is 18.6. The minimum atomic E-state index is -1.07. The Balaban J connectivity index is 0.00000196. The summed E-state index contributed by atoms with van der Waals surface area (Å²) in [5, 5.41) is 11.0. The quantitative estimate of drug-likeness (QED) is 0.512. The van der Waals surface area contributed by atoms with E-state index in [1.807, 2.05) is 21.1 Å². The fraction of sp³-hybridized carbons (Fsp3) is 0.750. The number of likely N-dealkylation sites (N-methyl/N-ethyl adjacent to an activating group) is 1. The van der Waals surface area contributed by atoms with Crippen molar-refractivity contribution in [1.82, 2.24) is 4.90 Å². The highest BCUT2D eigenvalue weighted by Gasteiger charge is 2.35. The van der Waals surface area contributed by atoms with Gasteiger partial charge in [0.2, 0.25) is 6.17 Å². The molecule has 0 aromatic rings. The van der Waals surface area contributed by atoms with Gasteiger partial charge in [-0.05, 0) is 0 Å². The molecule has 0 radical (unpaired) electrons. The van der Waals surface area contributed by atoms with E-state index >= 15 is 0 Å². The smallest absolute Gasteiger partial charge is 0.206 e. The van der Waals surface area contributed by atoms with Gasteiger partial charge < -0.3 is 19.3 Å². The molecule has 1 unspecified atom stereocenters. The number of thioether (sulfide) groups is 1. The van der Waals surface area contributed by atoms with E-state index in [0.29, 0.717) is 15.3 Å². The summed E-state index contributed by atoms with van der Waals surface area (Å²) in [6.45, 7) is 0.692. The molecule has 0 saturated carbocycles. The Morgan fingerprint density at radius 1 is 1.60 bits per heavy atom. The number of carbonyl (C=O) groups excluding carboxylic acids is 1. The fourth-order valence-corrected chi connectivity index (χ4v) is 2.75. The summed E-state index contributed by atoms with van der Waals surface area (Å²) >= 11 is 6.62.